The Morgan fingerprint density at radius 3 is 2.47 bits per heavy atom. The van der Waals surface area contributed by atoms with E-state index in [9.17, 15) is 13.6 Å². The fraction of sp³-hybridized carbons (Fsp3) is 0.222. The number of aliphatic hydroxyl groups is 1. The normalized spacial score (nSPS) is 12.5. The van der Waals surface area contributed by atoms with Crippen molar-refractivity contribution >= 4 is 5.97 Å². The average molecular weight is 217 g/mol. The third-order valence-electron chi connectivity index (χ3n) is 1.91. The van der Waals surface area contributed by atoms with Crippen LogP contribution in [-0.2, 0) is 0 Å². The highest BCUT2D eigenvalue weighted by Gasteiger charge is 2.18. The van der Waals surface area contributed by atoms with E-state index in [-0.39, 0.29) is 5.56 Å². The summed E-state index contributed by atoms with van der Waals surface area (Å²) in [5.41, 5.74) is 4.41. The van der Waals surface area contributed by atoms with Crippen molar-refractivity contribution in [1.29, 1.82) is 0 Å². The molecule has 1 aromatic rings. The number of carboxylic acid groups (broad SMARTS) is 1. The Morgan fingerprint density at radius 1 is 1.40 bits per heavy atom. The molecule has 0 bridgehead atoms. The first-order chi connectivity index (χ1) is 6.97. The fourth-order valence-corrected chi connectivity index (χ4v) is 1.11. The van der Waals surface area contributed by atoms with Crippen molar-refractivity contribution in [2.45, 2.75) is 6.04 Å². The van der Waals surface area contributed by atoms with Gasteiger partial charge in [0.2, 0.25) is 0 Å². The van der Waals surface area contributed by atoms with Gasteiger partial charge in [-0.1, -0.05) is 0 Å². The lowest BCUT2D eigenvalue weighted by Gasteiger charge is -2.10. The van der Waals surface area contributed by atoms with Gasteiger partial charge in [-0.05, 0) is 6.07 Å². The lowest BCUT2D eigenvalue weighted by atomic mass is 10.0. The van der Waals surface area contributed by atoms with Crippen LogP contribution >= 0.6 is 0 Å². The molecule has 0 radical (unpaired) electrons. The monoisotopic (exact) mass is 217 g/mol. The first kappa shape index (κ1) is 11.5. The molecule has 0 spiro atoms. The first-order valence-corrected chi connectivity index (χ1v) is 4.06. The van der Waals surface area contributed by atoms with Crippen molar-refractivity contribution < 1.29 is 23.8 Å². The Balaban J connectivity index is 3.29. The minimum Gasteiger partial charge on any atom is -0.478 e. The van der Waals surface area contributed by atoms with Gasteiger partial charge in [0.05, 0.1) is 18.2 Å². The third kappa shape index (κ3) is 2.28. The van der Waals surface area contributed by atoms with Crippen LogP contribution in [0.5, 0.6) is 0 Å². The molecule has 4 N–H and O–H groups in total. The van der Waals surface area contributed by atoms with Crippen molar-refractivity contribution in [2.24, 2.45) is 5.73 Å². The zero-order chi connectivity index (χ0) is 11.6. The molecule has 6 heteroatoms. The van der Waals surface area contributed by atoms with Crippen LogP contribution in [-0.4, -0.2) is 22.8 Å². The molecule has 0 aliphatic heterocycles. The van der Waals surface area contributed by atoms with Crippen LogP contribution in [0.3, 0.4) is 0 Å². The fourth-order valence-electron chi connectivity index (χ4n) is 1.11. The van der Waals surface area contributed by atoms with E-state index in [1.165, 1.54) is 0 Å². The summed E-state index contributed by atoms with van der Waals surface area (Å²) in [5.74, 6) is -3.66. The number of benzene rings is 1. The van der Waals surface area contributed by atoms with E-state index in [2.05, 4.69) is 0 Å². The summed E-state index contributed by atoms with van der Waals surface area (Å²) in [5, 5.41) is 17.2. The quantitative estimate of drug-likeness (QED) is 0.694. The van der Waals surface area contributed by atoms with E-state index in [1.54, 1.807) is 0 Å². The van der Waals surface area contributed by atoms with Crippen LogP contribution in [0.15, 0.2) is 12.1 Å². The number of rotatable bonds is 3. The summed E-state index contributed by atoms with van der Waals surface area (Å²) in [6.45, 7) is -0.554. The largest absolute Gasteiger partial charge is 0.478 e. The molecule has 0 aromatic heterocycles. The summed E-state index contributed by atoms with van der Waals surface area (Å²) in [6.07, 6.45) is 0. The molecule has 0 fully saturated rings. The van der Waals surface area contributed by atoms with Crippen LogP contribution < -0.4 is 5.73 Å². The number of aromatic carboxylic acids is 1. The van der Waals surface area contributed by atoms with Gasteiger partial charge in [0.15, 0.2) is 0 Å². The maximum atomic E-state index is 13.1. The Hall–Kier alpha value is -1.53. The van der Waals surface area contributed by atoms with Crippen LogP contribution in [0.2, 0.25) is 0 Å². The van der Waals surface area contributed by atoms with E-state index in [1.807, 2.05) is 0 Å². The Kier molecular flexibility index (Phi) is 3.33. The van der Waals surface area contributed by atoms with Gasteiger partial charge in [-0.25, -0.2) is 13.6 Å². The summed E-state index contributed by atoms with van der Waals surface area (Å²) < 4.78 is 26.0. The standard InChI is InChI=1S/C9H9F2NO3/c10-6-2-7(11)5(9(14)15)1-4(6)8(12)3-13/h1-2,8,13H,3,12H2,(H,14,15). The average Bonchev–Trinajstić information content (AvgIpc) is 2.16. The second-order valence-corrected chi connectivity index (χ2v) is 2.95. The van der Waals surface area contributed by atoms with Gasteiger partial charge >= 0.3 is 5.97 Å². The number of aliphatic hydroxyl groups excluding tert-OH is 1. The molecule has 1 aromatic carbocycles. The van der Waals surface area contributed by atoms with Crippen molar-refractivity contribution in [2.75, 3.05) is 6.61 Å². The molecule has 0 aliphatic carbocycles. The van der Waals surface area contributed by atoms with Gasteiger partial charge in [-0.3, -0.25) is 0 Å². The molecule has 15 heavy (non-hydrogen) atoms. The van der Waals surface area contributed by atoms with Crippen molar-refractivity contribution in [1.82, 2.24) is 0 Å². The van der Waals surface area contributed by atoms with E-state index in [0.717, 1.165) is 6.07 Å². The molecule has 1 unspecified atom stereocenters. The molecule has 0 saturated heterocycles. The highest BCUT2D eigenvalue weighted by Crippen LogP contribution is 2.19. The summed E-state index contributed by atoms with van der Waals surface area (Å²) in [4.78, 5) is 10.5. The molecule has 0 aliphatic rings. The highest BCUT2D eigenvalue weighted by molar-refractivity contribution is 5.88. The van der Waals surface area contributed by atoms with E-state index < -0.39 is 35.8 Å². The van der Waals surface area contributed by atoms with Gasteiger partial charge in [0.25, 0.3) is 0 Å². The maximum Gasteiger partial charge on any atom is 0.338 e. The van der Waals surface area contributed by atoms with Crippen molar-refractivity contribution in [3.8, 4) is 0 Å². The van der Waals surface area contributed by atoms with Crippen LogP contribution in [0.4, 0.5) is 8.78 Å². The van der Waals surface area contributed by atoms with Crippen LogP contribution in [0.25, 0.3) is 0 Å². The molecule has 1 atom stereocenters. The van der Waals surface area contributed by atoms with Crippen molar-refractivity contribution in [3.05, 3.63) is 34.9 Å². The smallest absolute Gasteiger partial charge is 0.338 e. The number of halogens is 2. The molecule has 0 heterocycles. The van der Waals surface area contributed by atoms with E-state index >= 15 is 0 Å². The van der Waals surface area contributed by atoms with Gasteiger partial charge in [0, 0.05) is 11.6 Å². The molecule has 0 amide bonds. The third-order valence-corrected chi connectivity index (χ3v) is 1.91. The minimum atomic E-state index is -1.51. The highest BCUT2D eigenvalue weighted by atomic mass is 19.1. The first-order valence-electron chi connectivity index (χ1n) is 4.06. The summed E-state index contributed by atoms with van der Waals surface area (Å²) in [6, 6.07) is 0.158. The van der Waals surface area contributed by atoms with E-state index in [0.29, 0.717) is 6.07 Å². The number of carboxylic acids is 1. The molecule has 82 valence electrons. The number of hydrogen-bond acceptors (Lipinski definition) is 3. The number of nitrogens with two attached hydrogens (primary N) is 1. The zero-order valence-corrected chi connectivity index (χ0v) is 7.58. The molecular formula is C9H9F2NO3. The number of hydrogen-bond donors (Lipinski definition) is 3. The van der Waals surface area contributed by atoms with Crippen LogP contribution in [0, 0.1) is 11.6 Å². The lowest BCUT2D eigenvalue weighted by Crippen LogP contribution is -2.17. The van der Waals surface area contributed by atoms with Gasteiger partial charge in [-0.2, -0.15) is 0 Å². The van der Waals surface area contributed by atoms with Crippen molar-refractivity contribution in [3.63, 3.8) is 0 Å². The van der Waals surface area contributed by atoms with Gasteiger partial charge < -0.3 is 15.9 Å². The Labute approximate surface area is 83.9 Å². The second-order valence-electron chi connectivity index (χ2n) is 2.95. The SMILES string of the molecule is NC(CO)c1cc(C(=O)O)c(F)cc1F. The van der Waals surface area contributed by atoms with Crippen LogP contribution in [0.1, 0.15) is 22.0 Å². The molecular weight excluding hydrogens is 208 g/mol. The predicted octanol–water partition coefficient (Wildman–Crippen LogP) is 0.655. The Morgan fingerprint density at radius 2 is 2.00 bits per heavy atom. The predicted molar refractivity (Wildman–Crippen MR) is 47.3 cm³/mol. The van der Waals surface area contributed by atoms with E-state index in [4.69, 9.17) is 15.9 Å². The zero-order valence-electron chi connectivity index (χ0n) is 7.58. The topological polar surface area (TPSA) is 83.5 Å². The lowest BCUT2D eigenvalue weighted by molar-refractivity contribution is 0.0691. The minimum absolute atomic E-state index is 0.226. The van der Waals surface area contributed by atoms with Gasteiger partial charge in [-0.15, -0.1) is 0 Å². The second kappa shape index (κ2) is 4.33. The molecule has 1 rings (SSSR count). The Bertz CT molecular complexity index is 395. The maximum absolute atomic E-state index is 13.1. The van der Waals surface area contributed by atoms with Gasteiger partial charge in [0.1, 0.15) is 11.6 Å². The number of carbonyl (C=O) groups is 1. The summed E-state index contributed by atoms with van der Waals surface area (Å²) in [7, 11) is 0. The molecule has 0 saturated carbocycles. The summed E-state index contributed by atoms with van der Waals surface area (Å²) >= 11 is 0. The molecule has 4 nitrogen and oxygen atoms in total.